The van der Waals surface area contributed by atoms with Crippen LogP contribution < -0.4 is 0 Å². The van der Waals surface area contributed by atoms with Crippen LogP contribution in [0.3, 0.4) is 0 Å². The highest BCUT2D eigenvalue weighted by Gasteiger charge is 2.57. The second-order valence-electron chi connectivity index (χ2n) is 3.42. The largest absolute Gasteiger partial charge is 0.466 e. The number of carbonyl (C=O) groups excluding carboxylic acids is 1. The summed E-state index contributed by atoms with van der Waals surface area (Å²) in [6, 6.07) is 0. The zero-order valence-electron chi connectivity index (χ0n) is 7.29. The maximum absolute atomic E-state index is 11.3. The van der Waals surface area contributed by atoms with Crippen molar-refractivity contribution in [2.75, 3.05) is 13.2 Å². The monoisotopic (exact) mass is 170 g/mol. The van der Waals surface area contributed by atoms with Gasteiger partial charge in [0, 0.05) is 12.5 Å². The molecular weight excluding hydrogens is 156 g/mol. The van der Waals surface area contributed by atoms with E-state index in [0.717, 1.165) is 19.4 Å². The molecule has 1 aliphatic carbocycles. The van der Waals surface area contributed by atoms with Gasteiger partial charge in [-0.15, -0.1) is 0 Å². The Morgan fingerprint density at radius 1 is 1.67 bits per heavy atom. The van der Waals surface area contributed by atoms with Crippen molar-refractivity contribution in [3.05, 3.63) is 0 Å². The number of hydrogen-bond acceptors (Lipinski definition) is 3. The minimum absolute atomic E-state index is 0.0607. The Labute approximate surface area is 72.0 Å². The lowest BCUT2D eigenvalue weighted by molar-refractivity contribution is -0.145. The molecule has 0 spiro atoms. The van der Waals surface area contributed by atoms with Gasteiger partial charge in [-0.1, -0.05) is 0 Å². The molecule has 0 N–H and O–H groups in total. The van der Waals surface area contributed by atoms with Gasteiger partial charge in [0.1, 0.15) is 0 Å². The van der Waals surface area contributed by atoms with Crippen molar-refractivity contribution < 1.29 is 14.3 Å². The van der Waals surface area contributed by atoms with E-state index in [1.807, 2.05) is 6.92 Å². The maximum atomic E-state index is 11.3. The van der Waals surface area contributed by atoms with E-state index >= 15 is 0 Å². The molecule has 1 heterocycles. The van der Waals surface area contributed by atoms with Gasteiger partial charge in [0.05, 0.1) is 18.6 Å². The van der Waals surface area contributed by atoms with E-state index in [1.165, 1.54) is 0 Å². The minimum Gasteiger partial charge on any atom is -0.466 e. The summed E-state index contributed by atoms with van der Waals surface area (Å²) in [5, 5.41) is 0. The Bertz CT molecular complexity index is 178. The molecular formula is C9H14O3. The molecule has 3 atom stereocenters. The molecule has 12 heavy (non-hydrogen) atoms. The highest BCUT2D eigenvalue weighted by molar-refractivity contribution is 5.77. The average Bonchev–Trinajstić information content (AvgIpc) is 2.78. The Kier molecular flexibility index (Phi) is 2.05. The molecule has 0 unspecified atom stereocenters. The van der Waals surface area contributed by atoms with E-state index in [9.17, 15) is 4.79 Å². The summed E-state index contributed by atoms with van der Waals surface area (Å²) in [5.74, 6) is 0.472. The van der Waals surface area contributed by atoms with Crippen LogP contribution in [-0.2, 0) is 14.3 Å². The molecule has 0 aromatic heterocycles. The van der Waals surface area contributed by atoms with Crippen molar-refractivity contribution in [2.24, 2.45) is 11.8 Å². The van der Waals surface area contributed by atoms with Crippen LogP contribution in [0.25, 0.3) is 0 Å². The predicted molar refractivity (Wildman–Crippen MR) is 42.6 cm³/mol. The summed E-state index contributed by atoms with van der Waals surface area (Å²) < 4.78 is 10.4. The van der Waals surface area contributed by atoms with E-state index in [1.54, 1.807) is 0 Å². The number of hydrogen-bond donors (Lipinski definition) is 0. The second-order valence-corrected chi connectivity index (χ2v) is 3.42. The first kappa shape index (κ1) is 8.05. The molecule has 3 nitrogen and oxygen atoms in total. The topological polar surface area (TPSA) is 35.5 Å². The van der Waals surface area contributed by atoms with E-state index < -0.39 is 0 Å². The third kappa shape index (κ3) is 1.22. The molecule has 2 rings (SSSR count). The number of carbonyl (C=O) groups is 1. The third-order valence-electron chi connectivity index (χ3n) is 2.65. The van der Waals surface area contributed by atoms with Crippen molar-refractivity contribution in [3.8, 4) is 0 Å². The van der Waals surface area contributed by atoms with E-state index in [4.69, 9.17) is 9.47 Å². The fourth-order valence-corrected chi connectivity index (χ4v) is 2.00. The molecule has 1 saturated heterocycles. The molecule has 3 heteroatoms. The van der Waals surface area contributed by atoms with Gasteiger partial charge >= 0.3 is 5.97 Å². The number of ether oxygens (including phenoxy) is 2. The Balaban J connectivity index is 1.87. The molecule has 1 aliphatic heterocycles. The molecule has 1 saturated carbocycles. The summed E-state index contributed by atoms with van der Waals surface area (Å²) in [6.07, 6.45) is 2.42. The Morgan fingerprint density at radius 2 is 2.50 bits per heavy atom. The SMILES string of the molecule is CCOC(=O)[C@H]1[C@H]2CCCO[C@@H]21. The Morgan fingerprint density at radius 3 is 3.08 bits per heavy atom. The van der Waals surface area contributed by atoms with Gasteiger partial charge < -0.3 is 9.47 Å². The van der Waals surface area contributed by atoms with Crippen LogP contribution in [-0.4, -0.2) is 25.3 Å². The minimum atomic E-state index is -0.0607. The second kappa shape index (κ2) is 3.05. The summed E-state index contributed by atoms with van der Waals surface area (Å²) >= 11 is 0. The van der Waals surface area contributed by atoms with Gasteiger partial charge in [-0.2, -0.15) is 0 Å². The van der Waals surface area contributed by atoms with Crippen LogP contribution in [0.5, 0.6) is 0 Å². The van der Waals surface area contributed by atoms with Crippen molar-refractivity contribution in [1.29, 1.82) is 0 Å². The predicted octanol–water partition coefficient (Wildman–Crippen LogP) is 0.974. The molecule has 68 valence electrons. The zero-order valence-corrected chi connectivity index (χ0v) is 7.29. The van der Waals surface area contributed by atoms with Crippen LogP contribution in [0.4, 0.5) is 0 Å². The van der Waals surface area contributed by atoms with Crippen molar-refractivity contribution >= 4 is 5.97 Å². The number of rotatable bonds is 2. The lowest BCUT2D eigenvalue weighted by Gasteiger charge is -2.07. The fourth-order valence-electron chi connectivity index (χ4n) is 2.00. The van der Waals surface area contributed by atoms with E-state index in [0.29, 0.717) is 12.5 Å². The first-order chi connectivity index (χ1) is 5.84. The quantitative estimate of drug-likeness (QED) is 0.579. The zero-order chi connectivity index (χ0) is 8.55. The van der Waals surface area contributed by atoms with Crippen molar-refractivity contribution in [1.82, 2.24) is 0 Å². The summed E-state index contributed by atoms with van der Waals surface area (Å²) in [7, 11) is 0. The van der Waals surface area contributed by atoms with E-state index in [-0.39, 0.29) is 18.0 Å². The van der Waals surface area contributed by atoms with Crippen LogP contribution in [0.1, 0.15) is 19.8 Å². The molecule has 0 aromatic rings. The van der Waals surface area contributed by atoms with Crippen LogP contribution in [0.15, 0.2) is 0 Å². The first-order valence-corrected chi connectivity index (χ1v) is 4.63. The highest BCUT2D eigenvalue weighted by Crippen LogP contribution is 2.48. The highest BCUT2D eigenvalue weighted by atomic mass is 16.5. The van der Waals surface area contributed by atoms with Crippen molar-refractivity contribution in [3.63, 3.8) is 0 Å². The summed E-state index contributed by atoms with van der Waals surface area (Å²) in [4.78, 5) is 11.3. The van der Waals surface area contributed by atoms with Gasteiger partial charge in [0.25, 0.3) is 0 Å². The molecule has 0 radical (unpaired) electrons. The standard InChI is InChI=1S/C9H14O3/c1-2-11-9(10)7-6-4-3-5-12-8(6)7/h6-8H,2-5H2,1H3/t6-,7+,8+/m1/s1. The average molecular weight is 170 g/mol. The third-order valence-corrected chi connectivity index (χ3v) is 2.65. The molecule has 2 fully saturated rings. The summed E-state index contributed by atoms with van der Waals surface area (Å²) in [6.45, 7) is 3.14. The normalized spacial score (nSPS) is 38.6. The van der Waals surface area contributed by atoms with Gasteiger partial charge in [-0.3, -0.25) is 4.79 Å². The Hall–Kier alpha value is -0.570. The lowest BCUT2D eigenvalue weighted by Crippen LogP contribution is -2.10. The van der Waals surface area contributed by atoms with Gasteiger partial charge in [0.15, 0.2) is 0 Å². The number of esters is 1. The molecule has 0 amide bonds. The van der Waals surface area contributed by atoms with Gasteiger partial charge in [-0.05, 0) is 19.8 Å². The van der Waals surface area contributed by atoms with Crippen LogP contribution >= 0.6 is 0 Å². The lowest BCUT2D eigenvalue weighted by atomic mass is 10.2. The smallest absolute Gasteiger partial charge is 0.311 e. The van der Waals surface area contributed by atoms with Crippen LogP contribution in [0, 0.1) is 11.8 Å². The van der Waals surface area contributed by atoms with Gasteiger partial charge in [-0.25, -0.2) is 0 Å². The van der Waals surface area contributed by atoms with E-state index in [2.05, 4.69) is 0 Å². The van der Waals surface area contributed by atoms with Crippen molar-refractivity contribution in [2.45, 2.75) is 25.9 Å². The van der Waals surface area contributed by atoms with Crippen LogP contribution in [0.2, 0.25) is 0 Å². The number of fused-ring (bicyclic) bond motifs is 1. The van der Waals surface area contributed by atoms with Gasteiger partial charge in [0.2, 0.25) is 0 Å². The first-order valence-electron chi connectivity index (χ1n) is 4.63. The molecule has 0 bridgehead atoms. The molecule has 2 aliphatic rings. The maximum Gasteiger partial charge on any atom is 0.311 e. The summed E-state index contributed by atoms with van der Waals surface area (Å²) in [5.41, 5.74) is 0. The molecule has 0 aromatic carbocycles. The fraction of sp³-hybridized carbons (Fsp3) is 0.889.